The maximum Gasteiger partial charge on any atom is 0.152 e. The van der Waals surface area contributed by atoms with Gasteiger partial charge in [0.1, 0.15) is 5.75 Å². The third-order valence-electron chi connectivity index (χ3n) is 4.11. The Hall–Kier alpha value is -2.94. The van der Waals surface area contributed by atoms with E-state index in [-0.39, 0.29) is 6.10 Å². The number of para-hydroxylation sites is 1. The van der Waals surface area contributed by atoms with E-state index in [9.17, 15) is 0 Å². The average molecular weight is 288 g/mol. The van der Waals surface area contributed by atoms with Crippen LogP contribution in [0.3, 0.4) is 0 Å². The van der Waals surface area contributed by atoms with Crippen molar-refractivity contribution < 1.29 is 4.74 Å². The van der Waals surface area contributed by atoms with Crippen LogP contribution < -0.4 is 16.2 Å². The minimum Gasteiger partial charge on any atom is -0.481 e. The third-order valence-corrected chi connectivity index (χ3v) is 4.11. The van der Waals surface area contributed by atoms with Crippen molar-refractivity contribution in [3.8, 4) is 16.9 Å². The first kappa shape index (κ1) is 12.8. The number of fused-ring (bicyclic) bond motifs is 3. The second kappa shape index (κ2) is 4.81. The zero-order valence-corrected chi connectivity index (χ0v) is 12.0. The molecule has 22 heavy (non-hydrogen) atoms. The van der Waals surface area contributed by atoms with Gasteiger partial charge in [0.2, 0.25) is 0 Å². The van der Waals surface area contributed by atoms with Crippen molar-refractivity contribution in [2.45, 2.75) is 6.10 Å². The molecule has 0 amide bonds. The van der Waals surface area contributed by atoms with Gasteiger partial charge < -0.3 is 16.2 Å². The quantitative estimate of drug-likeness (QED) is 0.701. The Balaban J connectivity index is 1.90. The van der Waals surface area contributed by atoms with Crippen molar-refractivity contribution >= 4 is 11.4 Å². The van der Waals surface area contributed by atoms with Crippen molar-refractivity contribution in [3.63, 3.8) is 0 Å². The molecule has 3 aromatic carbocycles. The molecule has 4 N–H and O–H groups in total. The Kier molecular flexibility index (Phi) is 2.79. The minimum absolute atomic E-state index is 0.225. The van der Waals surface area contributed by atoms with Gasteiger partial charge in [-0.15, -0.1) is 0 Å². The smallest absolute Gasteiger partial charge is 0.152 e. The van der Waals surface area contributed by atoms with Crippen LogP contribution in [0.15, 0.2) is 66.7 Å². The number of rotatable bonds is 2. The fraction of sp³-hybridized carbons (Fsp3) is 0.0526. The highest BCUT2D eigenvalue weighted by Gasteiger charge is 2.32. The molecule has 0 saturated carbocycles. The summed E-state index contributed by atoms with van der Waals surface area (Å²) in [6, 6.07) is 21.9. The van der Waals surface area contributed by atoms with Gasteiger partial charge in [0.15, 0.2) is 6.10 Å². The first-order valence-corrected chi connectivity index (χ1v) is 7.24. The fourth-order valence-electron chi connectivity index (χ4n) is 3.05. The van der Waals surface area contributed by atoms with E-state index in [4.69, 9.17) is 16.2 Å². The predicted molar refractivity (Wildman–Crippen MR) is 89.6 cm³/mol. The van der Waals surface area contributed by atoms with E-state index in [1.54, 1.807) is 0 Å². The lowest BCUT2D eigenvalue weighted by molar-refractivity contribution is 0.253. The van der Waals surface area contributed by atoms with Gasteiger partial charge in [-0.3, -0.25) is 0 Å². The van der Waals surface area contributed by atoms with E-state index in [2.05, 4.69) is 12.1 Å². The highest BCUT2D eigenvalue weighted by molar-refractivity contribution is 5.87. The van der Waals surface area contributed by atoms with E-state index >= 15 is 0 Å². The lowest BCUT2D eigenvalue weighted by Gasteiger charge is -2.18. The summed E-state index contributed by atoms with van der Waals surface area (Å²) in [5.74, 6) is 0.817. The molecule has 0 radical (unpaired) electrons. The second-order valence-electron chi connectivity index (χ2n) is 5.43. The second-order valence-corrected chi connectivity index (χ2v) is 5.43. The molecule has 3 heteroatoms. The standard InChI is InChI=1S/C19H16N2O/c20-16-11-10-14-13-8-4-5-9-15(13)19(17(14)18(16)21)22-12-6-2-1-3-7-12/h1-11,19H,20-21H2. The molecule has 0 heterocycles. The fourth-order valence-corrected chi connectivity index (χ4v) is 3.05. The van der Waals surface area contributed by atoms with E-state index in [1.165, 1.54) is 0 Å². The molecule has 0 saturated heterocycles. The van der Waals surface area contributed by atoms with Crippen molar-refractivity contribution in [1.29, 1.82) is 0 Å². The zero-order chi connectivity index (χ0) is 15.1. The van der Waals surface area contributed by atoms with Crippen LogP contribution in [0.2, 0.25) is 0 Å². The summed E-state index contributed by atoms with van der Waals surface area (Å²) in [7, 11) is 0. The molecular formula is C19H16N2O. The van der Waals surface area contributed by atoms with Crippen LogP contribution in [0.5, 0.6) is 5.75 Å². The molecule has 1 aliphatic rings. The SMILES string of the molecule is Nc1ccc2c(c1N)C(Oc1ccccc1)c1ccccc1-2. The molecule has 1 unspecified atom stereocenters. The van der Waals surface area contributed by atoms with Crippen LogP contribution in [-0.4, -0.2) is 0 Å². The summed E-state index contributed by atoms with van der Waals surface area (Å²) in [4.78, 5) is 0. The molecule has 0 aromatic heterocycles. The van der Waals surface area contributed by atoms with E-state index in [0.717, 1.165) is 28.0 Å². The molecule has 108 valence electrons. The van der Waals surface area contributed by atoms with Gasteiger partial charge in [-0.2, -0.15) is 0 Å². The van der Waals surface area contributed by atoms with Crippen molar-refractivity contribution in [3.05, 3.63) is 77.9 Å². The lowest BCUT2D eigenvalue weighted by Crippen LogP contribution is -2.09. The largest absolute Gasteiger partial charge is 0.481 e. The number of nitrogens with two attached hydrogens (primary N) is 2. The highest BCUT2D eigenvalue weighted by Crippen LogP contribution is 2.49. The van der Waals surface area contributed by atoms with Crippen LogP contribution >= 0.6 is 0 Å². The van der Waals surface area contributed by atoms with Gasteiger partial charge in [-0.1, -0.05) is 48.5 Å². The molecule has 3 nitrogen and oxygen atoms in total. The Bertz CT molecular complexity index is 843. The summed E-state index contributed by atoms with van der Waals surface area (Å²) >= 11 is 0. The van der Waals surface area contributed by atoms with Gasteiger partial charge >= 0.3 is 0 Å². The molecule has 0 bridgehead atoms. The normalized spacial score (nSPS) is 15.2. The predicted octanol–water partition coefficient (Wildman–Crippen LogP) is 4.00. The van der Waals surface area contributed by atoms with Crippen molar-refractivity contribution in [2.75, 3.05) is 11.5 Å². The van der Waals surface area contributed by atoms with E-state index in [0.29, 0.717) is 11.4 Å². The van der Waals surface area contributed by atoms with Crippen LogP contribution in [0.4, 0.5) is 11.4 Å². The van der Waals surface area contributed by atoms with Gasteiger partial charge in [0, 0.05) is 11.1 Å². The summed E-state index contributed by atoms with van der Waals surface area (Å²) in [5.41, 5.74) is 17.8. The zero-order valence-electron chi connectivity index (χ0n) is 12.0. The Morgan fingerprint density at radius 3 is 2.27 bits per heavy atom. The lowest BCUT2D eigenvalue weighted by atomic mass is 10.0. The van der Waals surface area contributed by atoms with Gasteiger partial charge in [-0.25, -0.2) is 0 Å². The number of hydrogen-bond acceptors (Lipinski definition) is 3. The average Bonchev–Trinajstić information content (AvgIpc) is 2.87. The molecule has 3 aromatic rings. The number of anilines is 2. The monoisotopic (exact) mass is 288 g/mol. The third kappa shape index (κ3) is 1.83. The van der Waals surface area contributed by atoms with Crippen molar-refractivity contribution in [1.82, 2.24) is 0 Å². The maximum absolute atomic E-state index is 6.25. The van der Waals surface area contributed by atoms with E-state index < -0.39 is 0 Å². The van der Waals surface area contributed by atoms with Crippen LogP contribution in [-0.2, 0) is 0 Å². The molecule has 0 spiro atoms. The first-order chi connectivity index (χ1) is 10.8. The van der Waals surface area contributed by atoms with Gasteiger partial charge in [0.25, 0.3) is 0 Å². The Labute approximate surface area is 129 Å². The summed E-state index contributed by atoms with van der Waals surface area (Å²) in [6.07, 6.45) is -0.225. The van der Waals surface area contributed by atoms with Crippen LogP contribution in [0.1, 0.15) is 17.2 Å². The Morgan fingerprint density at radius 1 is 0.727 bits per heavy atom. The molecule has 1 atom stereocenters. The number of hydrogen-bond donors (Lipinski definition) is 2. The Morgan fingerprint density at radius 2 is 1.45 bits per heavy atom. The molecule has 1 aliphatic carbocycles. The summed E-state index contributed by atoms with van der Waals surface area (Å²) in [5, 5.41) is 0. The number of nitrogen functional groups attached to an aromatic ring is 2. The number of ether oxygens (including phenoxy) is 1. The number of benzene rings is 3. The summed E-state index contributed by atoms with van der Waals surface area (Å²) < 4.78 is 6.23. The molecular weight excluding hydrogens is 272 g/mol. The van der Waals surface area contributed by atoms with Crippen LogP contribution in [0.25, 0.3) is 11.1 Å². The summed E-state index contributed by atoms with van der Waals surface area (Å²) in [6.45, 7) is 0. The van der Waals surface area contributed by atoms with Crippen molar-refractivity contribution in [2.24, 2.45) is 0 Å². The van der Waals surface area contributed by atoms with Gasteiger partial charge in [-0.05, 0) is 29.3 Å². The topological polar surface area (TPSA) is 61.3 Å². The minimum atomic E-state index is -0.225. The van der Waals surface area contributed by atoms with Crippen LogP contribution in [0, 0.1) is 0 Å². The first-order valence-electron chi connectivity index (χ1n) is 7.24. The van der Waals surface area contributed by atoms with E-state index in [1.807, 2.05) is 54.6 Å². The highest BCUT2D eigenvalue weighted by atomic mass is 16.5. The molecule has 4 rings (SSSR count). The van der Waals surface area contributed by atoms with Gasteiger partial charge in [0.05, 0.1) is 11.4 Å². The molecule has 0 aliphatic heterocycles. The molecule has 0 fully saturated rings. The maximum atomic E-state index is 6.25.